The fourth-order valence-electron chi connectivity index (χ4n) is 3.12. The summed E-state index contributed by atoms with van der Waals surface area (Å²) in [6.07, 6.45) is 4.69. The molecule has 6 heteroatoms. The second-order valence-electron chi connectivity index (χ2n) is 6.38. The highest BCUT2D eigenvalue weighted by molar-refractivity contribution is 5.88. The van der Waals surface area contributed by atoms with E-state index in [0.717, 1.165) is 31.7 Å². The van der Waals surface area contributed by atoms with E-state index in [-0.39, 0.29) is 11.9 Å². The van der Waals surface area contributed by atoms with E-state index in [0.29, 0.717) is 5.92 Å². The number of rotatable bonds is 7. The van der Waals surface area contributed by atoms with Gasteiger partial charge in [-0.1, -0.05) is 18.2 Å². The topological polar surface area (TPSA) is 78.1 Å². The average Bonchev–Trinajstić information content (AvgIpc) is 3.09. The molecule has 0 radical (unpaired) electrons. The molecule has 0 spiro atoms. The molecule has 2 aromatic rings. The van der Waals surface area contributed by atoms with Crippen molar-refractivity contribution >= 4 is 11.6 Å². The molecule has 1 saturated heterocycles. The van der Waals surface area contributed by atoms with E-state index in [9.17, 15) is 4.79 Å². The zero-order valence-corrected chi connectivity index (χ0v) is 14.5. The number of amides is 1. The lowest BCUT2D eigenvalue weighted by Gasteiger charge is -2.19. The highest BCUT2D eigenvalue weighted by Gasteiger charge is 2.27. The van der Waals surface area contributed by atoms with Gasteiger partial charge in [0.25, 0.3) is 0 Å². The highest BCUT2D eigenvalue weighted by Crippen LogP contribution is 2.23. The number of nitrogens with one attached hydrogen (secondary N) is 4. The molecule has 2 heterocycles. The normalized spacial score (nSPS) is 19.7. The van der Waals surface area contributed by atoms with Crippen molar-refractivity contribution in [3.63, 3.8) is 0 Å². The molecule has 6 nitrogen and oxygen atoms in total. The van der Waals surface area contributed by atoms with E-state index in [1.165, 1.54) is 18.1 Å². The van der Waals surface area contributed by atoms with Crippen molar-refractivity contribution in [2.75, 3.05) is 25.0 Å². The zero-order valence-electron chi connectivity index (χ0n) is 14.5. The summed E-state index contributed by atoms with van der Waals surface area (Å²) in [5.41, 5.74) is 9.90. The Labute approximate surface area is 148 Å². The summed E-state index contributed by atoms with van der Waals surface area (Å²) in [5, 5.41) is 6.34. The lowest BCUT2D eigenvalue weighted by atomic mass is 9.96. The summed E-state index contributed by atoms with van der Waals surface area (Å²) >= 11 is 0. The van der Waals surface area contributed by atoms with Gasteiger partial charge in [0.1, 0.15) is 0 Å². The van der Waals surface area contributed by atoms with Gasteiger partial charge in [0, 0.05) is 44.0 Å². The number of hydrazine groups is 1. The SMILES string of the molecule is CC(=O)Nc1ccc(CCNCC2CNNC2c2cccnc2)cc1. The van der Waals surface area contributed by atoms with E-state index in [4.69, 9.17) is 0 Å². The van der Waals surface area contributed by atoms with Gasteiger partial charge in [-0.3, -0.25) is 15.2 Å². The molecule has 1 aliphatic rings. The molecule has 1 aromatic carbocycles. The molecule has 3 rings (SSSR count). The van der Waals surface area contributed by atoms with Gasteiger partial charge in [0.15, 0.2) is 0 Å². The van der Waals surface area contributed by atoms with Crippen LogP contribution in [0.4, 0.5) is 5.69 Å². The number of pyridine rings is 1. The van der Waals surface area contributed by atoms with Gasteiger partial charge in [0.05, 0.1) is 6.04 Å². The highest BCUT2D eigenvalue weighted by atomic mass is 16.1. The van der Waals surface area contributed by atoms with E-state index in [1.54, 1.807) is 6.20 Å². The fraction of sp³-hybridized carbons (Fsp3) is 0.368. The monoisotopic (exact) mass is 339 g/mol. The Morgan fingerprint density at radius 2 is 2.12 bits per heavy atom. The number of anilines is 1. The third kappa shape index (κ3) is 5.09. The molecule has 2 atom stereocenters. The number of hydrogen-bond acceptors (Lipinski definition) is 5. The Hall–Kier alpha value is -2.28. The summed E-state index contributed by atoms with van der Waals surface area (Å²) in [6, 6.07) is 12.4. The van der Waals surface area contributed by atoms with Crippen molar-refractivity contribution in [3.8, 4) is 0 Å². The molecule has 0 aliphatic carbocycles. The van der Waals surface area contributed by atoms with Crippen molar-refractivity contribution in [1.82, 2.24) is 21.2 Å². The molecular formula is C19H25N5O. The van der Waals surface area contributed by atoms with Crippen LogP contribution in [0.25, 0.3) is 0 Å². The van der Waals surface area contributed by atoms with Gasteiger partial charge in [-0.15, -0.1) is 0 Å². The van der Waals surface area contributed by atoms with E-state index >= 15 is 0 Å². The van der Waals surface area contributed by atoms with Crippen LogP contribution in [-0.4, -0.2) is 30.5 Å². The number of benzene rings is 1. The second kappa shape index (κ2) is 8.71. The number of nitrogens with zero attached hydrogens (tertiary/aromatic N) is 1. The van der Waals surface area contributed by atoms with Gasteiger partial charge < -0.3 is 10.6 Å². The molecule has 132 valence electrons. The van der Waals surface area contributed by atoms with Gasteiger partial charge >= 0.3 is 0 Å². The lowest BCUT2D eigenvalue weighted by Crippen LogP contribution is -2.30. The Morgan fingerprint density at radius 1 is 1.28 bits per heavy atom. The molecule has 1 amide bonds. The molecule has 4 N–H and O–H groups in total. The smallest absolute Gasteiger partial charge is 0.221 e. The summed E-state index contributed by atoms with van der Waals surface area (Å²) in [5.74, 6) is 0.447. The van der Waals surface area contributed by atoms with Crippen LogP contribution >= 0.6 is 0 Å². The minimum atomic E-state index is -0.0450. The maximum Gasteiger partial charge on any atom is 0.221 e. The maximum atomic E-state index is 11.0. The Kier molecular flexibility index (Phi) is 6.11. The second-order valence-corrected chi connectivity index (χ2v) is 6.38. The molecular weight excluding hydrogens is 314 g/mol. The first kappa shape index (κ1) is 17.5. The number of carbonyl (C=O) groups excluding carboxylic acids is 1. The summed E-state index contributed by atoms with van der Waals surface area (Å²) in [7, 11) is 0. The molecule has 1 aliphatic heterocycles. The maximum absolute atomic E-state index is 11.0. The van der Waals surface area contributed by atoms with Crippen LogP contribution in [-0.2, 0) is 11.2 Å². The molecule has 0 bridgehead atoms. The van der Waals surface area contributed by atoms with Gasteiger partial charge in [-0.05, 0) is 42.3 Å². The van der Waals surface area contributed by atoms with Gasteiger partial charge in [0.2, 0.25) is 5.91 Å². The van der Waals surface area contributed by atoms with Crippen LogP contribution in [0.15, 0.2) is 48.8 Å². The first-order chi connectivity index (χ1) is 12.2. The summed E-state index contributed by atoms with van der Waals surface area (Å²) in [4.78, 5) is 15.2. The number of aromatic nitrogens is 1. The minimum Gasteiger partial charge on any atom is -0.326 e. The fourth-order valence-corrected chi connectivity index (χ4v) is 3.12. The minimum absolute atomic E-state index is 0.0450. The first-order valence-corrected chi connectivity index (χ1v) is 8.68. The van der Waals surface area contributed by atoms with Crippen molar-refractivity contribution in [3.05, 3.63) is 59.9 Å². The van der Waals surface area contributed by atoms with Crippen LogP contribution < -0.4 is 21.5 Å². The quantitative estimate of drug-likeness (QED) is 0.577. The van der Waals surface area contributed by atoms with Crippen molar-refractivity contribution in [2.24, 2.45) is 5.92 Å². The van der Waals surface area contributed by atoms with E-state index in [1.807, 2.05) is 24.4 Å². The third-order valence-corrected chi connectivity index (χ3v) is 4.41. The third-order valence-electron chi connectivity index (χ3n) is 4.41. The average molecular weight is 339 g/mol. The number of carbonyl (C=O) groups is 1. The van der Waals surface area contributed by atoms with Crippen LogP contribution in [0.2, 0.25) is 0 Å². The van der Waals surface area contributed by atoms with Crippen LogP contribution in [0.3, 0.4) is 0 Å². The predicted octanol–water partition coefficient (Wildman–Crippen LogP) is 1.64. The Balaban J connectivity index is 1.43. The van der Waals surface area contributed by atoms with Gasteiger partial charge in [-0.25, -0.2) is 5.43 Å². The van der Waals surface area contributed by atoms with Crippen molar-refractivity contribution < 1.29 is 4.79 Å². The van der Waals surface area contributed by atoms with Crippen molar-refractivity contribution in [1.29, 1.82) is 0 Å². The molecule has 1 aromatic heterocycles. The van der Waals surface area contributed by atoms with Crippen molar-refractivity contribution in [2.45, 2.75) is 19.4 Å². The lowest BCUT2D eigenvalue weighted by molar-refractivity contribution is -0.114. The van der Waals surface area contributed by atoms with E-state index in [2.05, 4.69) is 44.7 Å². The molecule has 2 unspecified atom stereocenters. The Morgan fingerprint density at radius 3 is 2.84 bits per heavy atom. The van der Waals surface area contributed by atoms with Gasteiger partial charge in [-0.2, -0.15) is 0 Å². The Bertz CT molecular complexity index is 674. The molecule has 25 heavy (non-hydrogen) atoms. The molecule has 1 fully saturated rings. The zero-order chi connectivity index (χ0) is 17.5. The summed E-state index contributed by atoms with van der Waals surface area (Å²) < 4.78 is 0. The first-order valence-electron chi connectivity index (χ1n) is 8.68. The molecule has 0 saturated carbocycles. The predicted molar refractivity (Wildman–Crippen MR) is 98.9 cm³/mol. The van der Waals surface area contributed by atoms with E-state index < -0.39 is 0 Å². The standard InChI is InChI=1S/C19H25N5O/c1-14(25)23-18-6-4-15(5-7-18)8-10-21-12-17-13-22-24-19(17)16-3-2-9-20-11-16/h2-7,9,11,17,19,21-22,24H,8,10,12-13H2,1H3,(H,23,25). The van der Waals surface area contributed by atoms with Crippen LogP contribution in [0.1, 0.15) is 24.1 Å². The number of hydrogen-bond donors (Lipinski definition) is 4. The largest absolute Gasteiger partial charge is 0.326 e. The van der Waals surface area contributed by atoms with Crippen LogP contribution in [0.5, 0.6) is 0 Å². The van der Waals surface area contributed by atoms with Crippen LogP contribution in [0, 0.1) is 5.92 Å². The summed E-state index contributed by atoms with van der Waals surface area (Å²) in [6.45, 7) is 4.33.